The summed E-state index contributed by atoms with van der Waals surface area (Å²) in [6.45, 7) is 7.63. The molecule has 2 aromatic rings. The lowest BCUT2D eigenvalue weighted by Gasteiger charge is -2.17. The first-order chi connectivity index (χ1) is 13.3. The number of nitrogens with zero attached hydrogens (tertiary/aromatic N) is 1. The standard InChI is InChI=1S/C20H30N4O2S2.HI/c1-5-22-20(24-15(2)12-19-11-6-16(3)27-19)23-13-17-7-9-18(10-8-17)14-28(25,26)21-4;/h6-11,15,21H,5,12-14H2,1-4H3,(H2,22,23,24);1H. The molecule has 0 aliphatic heterocycles. The fourth-order valence-electron chi connectivity index (χ4n) is 2.70. The molecule has 1 heterocycles. The van der Waals surface area contributed by atoms with Crippen LogP contribution >= 0.6 is 35.3 Å². The Morgan fingerprint density at radius 2 is 1.79 bits per heavy atom. The molecule has 2 rings (SSSR count). The molecule has 162 valence electrons. The number of sulfonamides is 1. The van der Waals surface area contributed by atoms with Crippen molar-refractivity contribution in [2.75, 3.05) is 13.6 Å². The van der Waals surface area contributed by atoms with E-state index in [9.17, 15) is 8.42 Å². The first-order valence-corrected chi connectivity index (χ1v) is 11.9. The van der Waals surface area contributed by atoms with Crippen LogP contribution in [0.15, 0.2) is 41.4 Å². The normalized spacial score (nSPS) is 12.9. The summed E-state index contributed by atoms with van der Waals surface area (Å²) in [7, 11) is -1.83. The Bertz CT molecular complexity index is 880. The molecule has 0 amide bonds. The summed E-state index contributed by atoms with van der Waals surface area (Å²) in [5, 5.41) is 6.73. The van der Waals surface area contributed by atoms with Crippen LogP contribution in [0.2, 0.25) is 0 Å². The highest BCUT2D eigenvalue weighted by Crippen LogP contribution is 2.16. The van der Waals surface area contributed by atoms with E-state index < -0.39 is 10.0 Å². The number of hydrogen-bond donors (Lipinski definition) is 3. The van der Waals surface area contributed by atoms with Gasteiger partial charge in [-0.15, -0.1) is 35.3 Å². The van der Waals surface area contributed by atoms with Gasteiger partial charge in [-0.05, 0) is 51.1 Å². The highest BCUT2D eigenvalue weighted by molar-refractivity contribution is 14.0. The summed E-state index contributed by atoms with van der Waals surface area (Å²) in [6, 6.07) is 12.1. The van der Waals surface area contributed by atoms with Crippen LogP contribution in [0.5, 0.6) is 0 Å². The molecule has 9 heteroatoms. The van der Waals surface area contributed by atoms with Crippen molar-refractivity contribution >= 4 is 51.3 Å². The van der Waals surface area contributed by atoms with Gasteiger partial charge < -0.3 is 10.6 Å². The minimum absolute atomic E-state index is 0. The molecule has 1 unspecified atom stereocenters. The van der Waals surface area contributed by atoms with Crippen molar-refractivity contribution in [3.05, 3.63) is 57.3 Å². The summed E-state index contributed by atoms with van der Waals surface area (Å²) in [6.07, 6.45) is 0.956. The maximum atomic E-state index is 11.6. The van der Waals surface area contributed by atoms with Gasteiger partial charge in [-0.1, -0.05) is 24.3 Å². The van der Waals surface area contributed by atoms with Crippen molar-refractivity contribution < 1.29 is 8.42 Å². The second-order valence-corrected chi connectivity index (χ2v) is 10.0. The van der Waals surface area contributed by atoms with Gasteiger partial charge in [0.05, 0.1) is 12.3 Å². The van der Waals surface area contributed by atoms with Gasteiger partial charge in [0.25, 0.3) is 0 Å². The van der Waals surface area contributed by atoms with Crippen LogP contribution in [0.3, 0.4) is 0 Å². The number of thiophene rings is 1. The van der Waals surface area contributed by atoms with E-state index >= 15 is 0 Å². The maximum Gasteiger partial charge on any atom is 0.215 e. The molecule has 0 spiro atoms. The zero-order valence-corrected chi connectivity index (χ0v) is 21.3. The number of aryl methyl sites for hydroxylation is 1. The molecule has 0 aliphatic rings. The molecule has 1 aromatic carbocycles. The van der Waals surface area contributed by atoms with E-state index in [0.717, 1.165) is 30.1 Å². The SMILES string of the molecule is CCNC(=NCc1ccc(CS(=O)(=O)NC)cc1)NC(C)Cc1ccc(C)s1.I. The van der Waals surface area contributed by atoms with E-state index in [4.69, 9.17) is 0 Å². The van der Waals surface area contributed by atoms with Crippen molar-refractivity contribution in [3.63, 3.8) is 0 Å². The average molecular weight is 551 g/mol. The van der Waals surface area contributed by atoms with E-state index in [1.54, 1.807) is 0 Å². The highest BCUT2D eigenvalue weighted by atomic mass is 127. The van der Waals surface area contributed by atoms with Crippen molar-refractivity contribution in [1.29, 1.82) is 0 Å². The van der Waals surface area contributed by atoms with Crippen LogP contribution in [0.25, 0.3) is 0 Å². The summed E-state index contributed by atoms with van der Waals surface area (Å²) in [5.41, 5.74) is 1.79. The average Bonchev–Trinajstić information content (AvgIpc) is 3.05. The lowest BCUT2D eigenvalue weighted by atomic mass is 10.1. The largest absolute Gasteiger partial charge is 0.357 e. The van der Waals surface area contributed by atoms with Gasteiger partial charge in [0, 0.05) is 28.8 Å². The summed E-state index contributed by atoms with van der Waals surface area (Å²) in [5.74, 6) is 0.766. The molecule has 6 nitrogen and oxygen atoms in total. The molecule has 0 saturated carbocycles. The maximum absolute atomic E-state index is 11.6. The Balaban J connectivity index is 0.00000420. The molecule has 0 bridgehead atoms. The van der Waals surface area contributed by atoms with Crippen molar-refractivity contribution in [2.24, 2.45) is 4.99 Å². The number of rotatable bonds is 9. The molecular formula is C20H31IN4O2S2. The zero-order chi connectivity index (χ0) is 20.6. The van der Waals surface area contributed by atoms with Gasteiger partial charge >= 0.3 is 0 Å². The number of aliphatic imine (C=N–C) groups is 1. The lowest BCUT2D eigenvalue weighted by molar-refractivity contribution is 0.587. The van der Waals surface area contributed by atoms with E-state index in [-0.39, 0.29) is 35.8 Å². The number of halogens is 1. The topological polar surface area (TPSA) is 82.6 Å². The Kier molecular flexibility index (Phi) is 11.2. The van der Waals surface area contributed by atoms with Gasteiger partial charge in [0.2, 0.25) is 10.0 Å². The van der Waals surface area contributed by atoms with E-state index in [2.05, 4.69) is 46.3 Å². The van der Waals surface area contributed by atoms with Crippen molar-refractivity contribution in [3.8, 4) is 0 Å². The first-order valence-electron chi connectivity index (χ1n) is 9.40. The van der Waals surface area contributed by atoms with Gasteiger partial charge in [-0.3, -0.25) is 0 Å². The van der Waals surface area contributed by atoms with Crippen LogP contribution in [0, 0.1) is 6.92 Å². The van der Waals surface area contributed by atoms with Crippen molar-refractivity contribution in [2.45, 2.75) is 45.5 Å². The second-order valence-electron chi connectivity index (χ2n) is 6.74. The van der Waals surface area contributed by atoms with Crippen LogP contribution < -0.4 is 15.4 Å². The third-order valence-corrected chi connectivity index (χ3v) is 6.50. The van der Waals surface area contributed by atoms with Crippen LogP contribution in [0.1, 0.15) is 34.7 Å². The van der Waals surface area contributed by atoms with E-state index in [1.807, 2.05) is 42.5 Å². The van der Waals surface area contributed by atoms with E-state index in [1.165, 1.54) is 16.8 Å². The van der Waals surface area contributed by atoms with Crippen molar-refractivity contribution in [1.82, 2.24) is 15.4 Å². The molecule has 0 saturated heterocycles. The van der Waals surface area contributed by atoms with Gasteiger partial charge in [-0.25, -0.2) is 18.1 Å². The molecule has 0 radical (unpaired) electrons. The predicted molar refractivity (Wildman–Crippen MR) is 134 cm³/mol. The van der Waals surface area contributed by atoms with Gasteiger partial charge in [0.1, 0.15) is 0 Å². The van der Waals surface area contributed by atoms with Crippen LogP contribution in [-0.4, -0.2) is 34.0 Å². The fourth-order valence-corrected chi connectivity index (χ4v) is 4.50. The van der Waals surface area contributed by atoms with Crippen LogP contribution in [0.4, 0.5) is 0 Å². The third-order valence-electron chi connectivity index (χ3n) is 4.14. The molecule has 0 aliphatic carbocycles. The smallest absolute Gasteiger partial charge is 0.215 e. The van der Waals surface area contributed by atoms with Gasteiger partial charge in [0.15, 0.2) is 5.96 Å². The number of hydrogen-bond acceptors (Lipinski definition) is 4. The molecule has 0 fully saturated rings. The Morgan fingerprint density at radius 1 is 1.14 bits per heavy atom. The minimum atomic E-state index is -3.25. The molecule has 3 N–H and O–H groups in total. The predicted octanol–water partition coefficient (Wildman–Crippen LogP) is 3.41. The molecule has 1 atom stereocenters. The quantitative estimate of drug-likeness (QED) is 0.254. The molecule has 29 heavy (non-hydrogen) atoms. The first kappa shape index (κ1) is 25.9. The lowest BCUT2D eigenvalue weighted by Crippen LogP contribution is -2.43. The zero-order valence-electron chi connectivity index (χ0n) is 17.4. The van der Waals surface area contributed by atoms with Gasteiger partial charge in [-0.2, -0.15) is 0 Å². The Hall–Kier alpha value is -1.17. The monoisotopic (exact) mass is 550 g/mol. The fraction of sp³-hybridized carbons (Fsp3) is 0.450. The van der Waals surface area contributed by atoms with E-state index in [0.29, 0.717) is 6.54 Å². The third kappa shape index (κ3) is 9.45. The minimum Gasteiger partial charge on any atom is -0.357 e. The highest BCUT2D eigenvalue weighted by Gasteiger charge is 2.09. The summed E-state index contributed by atoms with van der Waals surface area (Å²) >= 11 is 1.83. The second kappa shape index (κ2) is 12.5. The number of guanidine groups is 1. The Morgan fingerprint density at radius 3 is 2.34 bits per heavy atom. The summed E-state index contributed by atoms with van der Waals surface area (Å²) < 4.78 is 25.6. The number of benzene rings is 1. The summed E-state index contributed by atoms with van der Waals surface area (Å²) in [4.78, 5) is 7.35. The van der Waals surface area contributed by atoms with Crippen LogP contribution in [-0.2, 0) is 28.7 Å². The Labute approximate surface area is 195 Å². The molecular weight excluding hydrogens is 519 g/mol. The molecule has 1 aromatic heterocycles. The number of nitrogens with one attached hydrogen (secondary N) is 3.